The number of hydrogen-bond donors (Lipinski definition) is 3. The van der Waals surface area contributed by atoms with E-state index in [0.717, 1.165) is 60.1 Å². The summed E-state index contributed by atoms with van der Waals surface area (Å²) in [7, 11) is 3.27. The third-order valence-electron chi connectivity index (χ3n) is 16.1. The average molecular weight is 1300 g/mol. The molecular formula is C70H92N10O14. The van der Waals surface area contributed by atoms with Gasteiger partial charge in [-0.2, -0.15) is 5.10 Å². The van der Waals surface area contributed by atoms with Crippen LogP contribution in [0.5, 0.6) is 5.75 Å². The molecular weight excluding hydrogens is 1200 g/mol. The van der Waals surface area contributed by atoms with Gasteiger partial charge in [-0.25, -0.2) is 19.6 Å². The van der Waals surface area contributed by atoms with E-state index < -0.39 is 59.0 Å². The monoisotopic (exact) mass is 1300 g/mol. The Morgan fingerprint density at radius 3 is 2.18 bits per heavy atom. The molecule has 3 aromatic heterocycles. The fourth-order valence-electron chi connectivity index (χ4n) is 10.9. The Hall–Kier alpha value is -8.71. The number of aryl methyl sites for hydroxylation is 3. The number of aromatic nitrogens is 4. The quantitative estimate of drug-likeness (QED) is 0.0342. The molecule has 4 atom stereocenters. The summed E-state index contributed by atoms with van der Waals surface area (Å²) in [6.45, 7) is 18.2. The summed E-state index contributed by atoms with van der Waals surface area (Å²) < 4.78 is 47.5. The molecule has 94 heavy (non-hydrogen) atoms. The van der Waals surface area contributed by atoms with Crippen molar-refractivity contribution < 1.29 is 66.3 Å². The highest BCUT2D eigenvalue weighted by atomic mass is 16.6. The molecule has 0 fully saturated rings. The lowest BCUT2D eigenvalue weighted by molar-refractivity contribution is -0.147. The highest BCUT2D eigenvalue weighted by Crippen LogP contribution is 2.34. The highest BCUT2D eigenvalue weighted by molar-refractivity contribution is 6.03. The number of carbonyl (C=O) groups excluding carboxylic acids is 6. The first kappa shape index (κ1) is 71.1. The number of hydrogen-bond acceptors (Lipinski definition) is 17. The van der Waals surface area contributed by atoms with E-state index in [1.54, 1.807) is 62.7 Å². The number of rotatable bonds is 31. The lowest BCUT2D eigenvalue weighted by Crippen LogP contribution is -2.62. The molecule has 0 saturated heterocycles. The first-order valence-electron chi connectivity index (χ1n) is 32.3. The number of benzene rings is 3. The number of nitrogens with zero attached hydrogens (tertiary/aromatic N) is 7. The largest absolute Gasteiger partial charge is 0.491 e. The first-order chi connectivity index (χ1) is 45.1. The van der Waals surface area contributed by atoms with E-state index in [-0.39, 0.29) is 49.7 Å². The Morgan fingerprint density at radius 2 is 1.48 bits per heavy atom. The molecule has 0 saturated carbocycles. The summed E-state index contributed by atoms with van der Waals surface area (Å²) in [6.07, 6.45) is 8.37. The van der Waals surface area contributed by atoms with Crippen molar-refractivity contribution in [3.63, 3.8) is 0 Å². The predicted octanol–water partition coefficient (Wildman–Crippen LogP) is 9.59. The number of fused-ring (bicyclic) bond motifs is 2. The van der Waals surface area contributed by atoms with Gasteiger partial charge in [-0.05, 0) is 131 Å². The van der Waals surface area contributed by atoms with Gasteiger partial charge in [0, 0.05) is 58.2 Å². The van der Waals surface area contributed by atoms with Crippen LogP contribution in [0.3, 0.4) is 0 Å². The minimum absolute atomic E-state index is 0.0347. The van der Waals surface area contributed by atoms with Crippen LogP contribution in [0.2, 0.25) is 0 Å². The standard InChI is InChI=1S/C70H92N10O14/c1-11-79(68(86)94-70(6,7)8)60-42-51(29-30-71-60)65-74-58(46-92-65)63(82)73-57-44-77(9)76-56(57)25-17-18-31-87-32-33-88-34-35-89-36-37-90-38-39-91-53-28-27-50-41-59(64(83)72-55-26-19-23-49-22-15-16-24-54(49)55)80(43-52(50)40-53)66(84)61(69(3,4)5)75-62(81)47(2)78(10)67(85)93-45-48-20-13-12-14-21-48/h12-16,20-22,24,27-30,40,42,44,46-47,55,59,61H,11,17-19,23,25-26,31-39,41,43,45H2,1-10H3,(H,72,83)(H,73,82)(H,75,81)/t47-,55+,59-,61+/m0/s1. The van der Waals surface area contributed by atoms with Crippen molar-refractivity contribution in [3.8, 4) is 17.2 Å². The second kappa shape index (κ2) is 33.9. The number of ether oxygens (including phenoxy) is 7. The van der Waals surface area contributed by atoms with Gasteiger partial charge < -0.3 is 58.4 Å². The van der Waals surface area contributed by atoms with E-state index in [1.165, 1.54) is 34.9 Å². The number of nitrogens with one attached hydrogen (secondary N) is 3. The van der Waals surface area contributed by atoms with Gasteiger partial charge in [-0.3, -0.25) is 33.7 Å². The van der Waals surface area contributed by atoms with Gasteiger partial charge in [0.25, 0.3) is 5.91 Å². The van der Waals surface area contributed by atoms with E-state index in [9.17, 15) is 24.0 Å². The van der Waals surface area contributed by atoms with Crippen LogP contribution < -0.4 is 25.6 Å². The van der Waals surface area contributed by atoms with Crippen LogP contribution in [0.25, 0.3) is 11.5 Å². The zero-order chi connectivity index (χ0) is 67.4. The number of unbranched alkanes of at least 4 members (excludes halogenated alkanes) is 1. The molecule has 3 aromatic carbocycles. The first-order valence-corrected chi connectivity index (χ1v) is 32.3. The van der Waals surface area contributed by atoms with Gasteiger partial charge in [0.15, 0.2) is 5.69 Å². The van der Waals surface area contributed by atoms with Gasteiger partial charge in [-0.15, -0.1) is 0 Å². The minimum Gasteiger partial charge on any atom is -0.491 e. The fraction of sp³-hybridized carbons (Fsp3) is 0.500. The third kappa shape index (κ3) is 20.4. The molecule has 506 valence electrons. The molecule has 0 spiro atoms. The lowest BCUT2D eigenvalue weighted by atomic mass is 9.83. The number of anilines is 2. The van der Waals surface area contributed by atoms with Crippen LogP contribution in [-0.4, -0.2) is 162 Å². The second-order valence-electron chi connectivity index (χ2n) is 25.4. The van der Waals surface area contributed by atoms with Crippen molar-refractivity contribution in [2.24, 2.45) is 12.5 Å². The number of likely N-dealkylation sites (N-methyl/N-ethyl adjacent to an activating group) is 1. The summed E-state index contributed by atoms with van der Waals surface area (Å²) in [5.74, 6) is -0.575. The molecule has 24 heteroatoms. The molecule has 3 N–H and O–H groups in total. The molecule has 0 radical (unpaired) electrons. The molecule has 1 aliphatic carbocycles. The zero-order valence-corrected chi connectivity index (χ0v) is 55.9. The summed E-state index contributed by atoms with van der Waals surface area (Å²) in [6, 6.07) is 23.2. The maximum atomic E-state index is 15.1. The van der Waals surface area contributed by atoms with Crippen LogP contribution in [0.4, 0.5) is 21.1 Å². The summed E-state index contributed by atoms with van der Waals surface area (Å²) in [4.78, 5) is 95.9. The van der Waals surface area contributed by atoms with Crippen molar-refractivity contribution >= 4 is 47.3 Å². The summed E-state index contributed by atoms with van der Waals surface area (Å²) >= 11 is 0. The van der Waals surface area contributed by atoms with Gasteiger partial charge in [-0.1, -0.05) is 81.4 Å². The molecule has 2 aliphatic rings. The van der Waals surface area contributed by atoms with Crippen molar-refractivity contribution in [2.75, 3.05) is 83.3 Å². The van der Waals surface area contributed by atoms with E-state index in [2.05, 4.69) is 43.1 Å². The number of oxazole rings is 1. The molecule has 6 aromatic rings. The van der Waals surface area contributed by atoms with Gasteiger partial charge in [0.1, 0.15) is 54.8 Å². The van der Waals surface area contributed by atoms with Crippen molar-refractivity contribution in [1.29, 1.82) is 0 Å². The van der Waals surface area contributed by atoms with E-state index in [4.69, 9.17) is 37.6 Å². The van der Waals surface area contributed by atoms with Crippen LogP contribution in [0.1, 0.15) is 131 Å². The van der Waals surface area contributed by atoms with Crippen LogP contribution in [0.15, 0.2) is 108 Å². The molecule has 4 heterocycles. The Bertz CT molecular complexity index is 3490. The third-order valence-corrected chi connectivity index (χ3v) is 16.1. The maximum absolute atomic E-state index is 15.1. The van der Waals surface area contributed by atoms with E-state index >= 15 is 4.79 Å². The zero-order valence-electron chi connectivity index (χ0n) is 55.9. The van der Waals surface area contributed by atoms with Crippen molar-refractivity contribution in [2.45, 2.75) is 143 Å². The fourth-order valence-corrected chi connectivity index (χ4v) is 10.9. The number of amides is 6. The second-order valence-corrected chi connectivity index (χ2v) is 25.4. The molecule has 1 aliphatic heterocycles. The Morgan fingerprint density at radius 1 is 0.787 bits per heavy atom. The predicted molar refractivity (Wildman–Crippen MR) is 352 cm³/mol. The van der Waals surface area contributed by atoms with Crippen LogP contribution in [-0.2, 0) is 82.3 Å². The topological polar surface area (TPSA) is 270 Å². The van der Waals surface area contributed by atoms with Gasteiger partial charge in [0.05, 0.1) is 63.7 Å². The van der Waals surface area contributed by atoms with Gasteiger partial charge in [0.2, 0.25) is 23.6 Å². The van der Waals surface area contributed by atoms with E-state index in [1.807, 2.05) is 88.4 Å². The average Bonchev–Trinajstić information content (AvgIpc) is 0.986. The molecule has 24 nitrogen and oxygen atoms in total. The molecule has 0 bridgehead atoms. The van der Waals surface area contributed by atoms with Crippen molar-refractivity contribution in [3.05, 3.63) is 143 Å². The molecule has 8 rings (SSSR count). The van der Waals surface area contributed by atoms with Gasteiger partial charge >= 0.3 is 12.2 Å². The number of carbonyl (C=O) groups is 6. The van der Waals surface area contributed by atoms with Crippen LogP contribution in [0, 0.1) is 5.41 Å². The Labute approximate surface area is 550 Å². The maximum Gasteiger partial charge on any atom is 0.415 e. The summed E-state index contributed by atoms with van der Waals surface area (Å²) in [5, 5.41) is 13.7. The minimum atomic E-state index is -1.07. The normalized spacial score (nSPS) is 15.2. The summed E-state index contributed by atoms with van der Waals surface area (Å²) in [5.41, 5.74) is 5.23. The van der Waals surface area contributed by atoms with Crippen LogP contribution >= 0.6 is 0 Å². The number of pyridine rings is 1. The lowest BCUT2D eigenvalue weighted by Gasteiger charge is -2.42. The smallest absolute Gasteiger partial charge is 0.415 e. The molecule has 0 unspecified atom stereocenters. The van der Waals surface area contributed by atoms with E-state index in [0.29, 0.717) is 88.6 Å². The SMILES string of the molecule is CCN(C(=O)OC(C)(C)C)c1cc(-c2nc(C(=O)Nc3cn(C)nc3CCCCOCCOCCOCCOCCOc3ccc4c(c3)CN(C(=O)[C@@H](NC(=O)[C@H](C)N(C)C(=O)OCc3ccccc3)C(C)(C)C)[C@H](C(=O)N[C@@H]3CCCc5ccccc53)C4)co2)ccn1. The Balaban J connectivity index is 0.722. The Kier molecular flexibility index (Phi) is 25.7. The molecule has 6 amide bonds. The highest BCUT2D eigenvalue weighted by Gasteiger charge is 2.44. The van der Waals surface area contributed by atoms with Crippen molar-refractivity contribution in [1.82, 2.24) is 40.2 Å².